The van der Waals surface area contributed by atoms with Crippen LogP contribution in [0.15, 0.2) is 47.4 Å². The molecule has 0 saturated heterocycles. The monoisotopic (exact) mass is 404 g/mol. The number of nitrogens with one attached hydrogen (secondary N) is 1. The number of benzene rings is 2. The molecule has 0 spiro atoms. The molecule has 1 atom stereocenters. The van der Waals surface area contributed by atoms with Crippen LogP contribution < -0.4 is 9.62 Å². The second-order valence-corrected chi connectivity index (χ2v) is 8.39. The maximum absolute atomic E-state index is 13.1. The first kappa shape index (κ1) is 20.2. The number of anilines is 1. The van der Waals surface area contributed by atoms with E-state index in [1.807, 2.05) is 0 Å². The van der Waals surface area contributed by atoms with Gasteiger partial charge in [0, 0.05) is 17.8 Å². The van der Waals surface area contributed by atoms with Crippen molar-refractivity contribution < 1.29 is 22.4 Å². The van der Waals surface area contributed by atoms with Crippen LogP contribution in [0.1, 0.15) is 36.2 Å². The van der Waals surface area contributed by atoms with Crippen molar-refractivity contribution in [3.05, 3.63) is 59.4 Å². The molecule has 148 valence electrons. The number of carbonyl (C=O) groups excluding carboxylic acids is 2. The second-order valence-electron chi connectivity index (χ2n) is 6.68. The van der Waals surface area contributed by atoms with Gasteiger partial charge in [0.2, 0.25) is 15.9 Å². The Morgan fingerprint density at radius 1 is 1.18 bits per heavy atom. The average molecular weight is 404 g/mol. The number of hydrogen-bond acceptors (Lipinski definition) is 4. The number of sulfonamides is 1. The fourth-order valence-corrected chi connectivity index (χ4v) is 4.49. The molecule has 1 unspecified atom stereocenters. The topological polar surface area (TPSA) is 83.6 Å². The fraction of sp³-hybridized carbons (Fsp3) is 0.300. The van der Waals surface area contributed by atoms with Crippen LogP contribution in [0, 0.1) is 5.82 Å². The van der Waals surface area contributed by atoms with Gasteiger partial charge < -0.3 is 4.90 Å². The van der Waals surface area contributed by atoms with Crippen molar-refractivity contribution in [1.29, 1.82) is 0 Å². The second kappa shape index (κ2) is 7.81. The van der Waals surface area contributed by atoms with E-state index >= 15 is 0 Å². The number of fused-ring (bicyclic) bond motifs is 1. The zero-order valence-corrected chi connectivity index (χ0v) is 16.4. The van der Waals surface area contributed by atoms with Gasteiger partial charge in [-0.2, -0.15) is 4.72 Å². The van der Waals surface area contributed by atoms with Crippen LogP contribution >= 0.6 is 0 Å². The van der Waals surface area contributed by atoms with Crippen LogP contribution in [0.3, 0.4) is 0 Å². The average Bonchev–Trinajstić information content (AvgIpc) is 3.09. The zero-order chi connectivity index (χ0) is 20.5. The highest BCUT2D eigenvalue weighted by molar-refractivity contribution is 7.89. The molecule has 2 aromatic carbocycles. The number of halogens is 1. The molecule has 1 aliphatic rings. The summed E-state index contributed by atoms with van der Waals surface area (Å²) in [6.45, 7) is 3.62. The summed E-state index contributed by atoms with van der Waals surface area (Å²) in [4.78, 5) is 26.0. The molecular weight excluding hydrogens is 383 g/mol. The maximum atomic E-state index is 13.1. The van der Waals surface area contributed by atoms with E-state index in [1.165, 1.54) is 6.92 Å². The van der Waals surface area contributed by atoms with Crippen LogP contribution in [0.5, 0.6) is 0 Å². The van der Waals surface area contributed by atoms with E-state index in [0.29, 0.717) is 24.2 Å². The highest BCUT2D eigenvalue weighted by Crippen LogP contribution is 2.30. The predicted octanol–water partition coefficient (Wildman–Crippen LogP) is 2.67. The third-order valence-electron chi connectivity index (χ3n) is 4.78. The van der Waals surface area contributed by atoms with E-state index in [-0.39, 0.29) is 23.0 Å². The Labute approximate surface area is 163 Å². The van der Waals surface area contributed by atoms with E-state index in [2.05, 4.69) is 4.72 Å². The quantitative estimate of drug-likeness (QED) is 0.751. The van der Waals surface area contributed by atoms with Crippen molar-refractivity contribution in [2.75, 3.05) is 11.4 Å². The van der Waals surface area contributed by atoms with Crippen LogP contribution in [0.25, 0.3) is 0 Å². The van der Waals surface area contributed by atoms with Gasteiger partial charge in [0.25, 0.3) is 0 Å². The lowest BCUT2D eigenvalue weighted by Crippen LogP contribution is -2.47. The van der Waals surface area contributed by atoms with Gasteiger partial charge in [-0.15, -0.1) is 0 Å². The lowest BCUT2D eigenvalue weighted by molar-refractivity contribution is -0.120. The van der Waals surface area contributed by atoms with Gasteiger partial charge in [-0.05, 0) is 67.8 Å². The minimum absolute atomic E-state index is 0.0499. The highest BCUT2D eigenvalue weighted by Gasteiger charge is 2.32. The molecule has 2 aromatic rings. The van der Waals surface area contributed by atoms with E-state index in [0.717, 1.165) is 29.8 Å². The van der Waals surface area contributed by atoms with E-state index in [4.69, 9.17) is 0 Å². The minimum Gasteiger partial charge on any atom is -0.310 e. The summed E-state index contributed by atoms with van der Waals surface area (Å²) in [5.74, 6) is -0.950. The molecule has 0 saturated carbocycles. The summed E-state index contributed by atoms with van der Waals surface area (Å²) >= 11 is 0. The van der Waals surface area contributed by atoms with Gasteiger partial charge in [-0.25, -0.2) is 12.8 Å². The van der Waals surface area contributed by atoms with E-state index in [9.17, 15) is 22.4 Å². The molecule has 0 aromatic heterocycles. The third kappa shape index (κ3) is 3.98. The van der Waals surface area contributed by atoms with Gasteiger partial charge in [0.05, 0.1) is 4.90 Å². The minimum atomic E-state index is -3.97. The SMILES string of the molecule is CCC(NS(=O)(=O)c1ccc(F)cc1)C(=O)N1CCc2cc(C(C)=O)ccc21. The normalized spacial score (nSPS) is 14.6. The molecule has 28 heavy (non-hydrogen) atoms. The number of rotatable bonds is 6. The molecule has 0 radical (unpaired) electrons. The van der Waals surface area contributed by atoms with Crippen LogP contribution in [-0.2, 0) is 21.2 Å². The molecule has 0 fully saturated rings. The van der Waals surface area contributed by atoms with Gasteiger partial charge in [0.1, 0.15) is 11.9 Å². The summed E-state index contributed by atoms with van der Waals surface area (Å²) < 4.78 is 40.6. The Hall–Kier alpha value is -2.58. The summed E-state index contributed by atoms with van der Waals surface area (Å²) in [6, 6.07) is 8.63. The largest absolute Gasteiger partial charge is 0.310 e. The van der Waals surface area contributed by atoms with Gasteiger partial charge >= 0.3 is 0 Å². The van der Waals surface area contributed by atoms with Gasteiger partial charge in [-0.1, -0.05) is 6.92 Å². The first-order valence-corrected chi connectivity index (χ1v) is 10.4. The van der Waals surface area contributed by atoms with Crippen LogP contribution in [0.4, 0.5) is 10.1 Å². The number of Topliss-reactive ketones (excluding diaryl/α,β-unsaturated/α-hetero) is 1. The van der Waals surface area contributed by atoms with Crippen molar-refractivity contribution in [2.24, 2.45) is 0 Å². The van der Waals surface area contributed by atoms with Crippen molar-refractivity contribution in [3.63, 3.8) is 0 Å². The number of hydrogen-bond donors (Lipinski definition) is 1. The zero-order valence-electron chi connectivity index (χ0n) is 15.6. The first-order chi connectivity index (χ1) is 13.2. The van der Waals surface area contributed by atoms with E-state index in [1.54, 1.807) is 30.0 Å². The van der Waals surface area contributed by atoms with Crippen molar-refractivity contribution in [3.8, 4) is 0 Å². The fourth-order valence-electron chi connectivity index (χ4n) is 3.22. The summed E-state index contributed by atoms with van der Waals surface area (Å²) in [5, 5.41) is 0. The Morgan fingerprint density at radius 3 is 2.46 bits per heavy atom. The smallest absolute Gasteiger partial charge is 0.245 e. The molecule has 1 amide bonds. The molecule has 1 N–H and O–H groups in total. The number of nitrogens with zero attached hydrogens (tertiary/aromatic N) is 1. The van der Waals surface area contributed by atoms with Crippen LogP contribution in [0.2, 0.25) is 0 Å². The van der Waals surface area contributed by atoms with E-state index < -0.39 is 21.9 Å². The maximum Gasteiger partial charge on any atom is 0.245 e. The van der Waals surface area contributed by atoms with Gasteiger partial charge in [-0.3, -0.25) is 9.59 Å². The summed E-state index contributed by atoms with van der Waals surface area (Å²) in [7, 11) is -3.97. The Kier molecular flexibility index (Phi) is 5.62. The molecule has 8 heteroatoms. The predicted molar refractivity (Wildman–Crippen MR) is 103 cm³/mol. The summed E-state index contributed by atoms with van der Waals surface area (Å²) in [6.07, 6.45) is 0.861. The van der Waals surface area contributed by atoms with Gasteiger partial charge in [0.15, 0.2) is 5.78 Å². The van der Waals surface area contributed by atoms with Crippen LogP contribution in [-0.4, -0.2) is 32.7 Å². The molecule has 6 nitrogen and oxygen atoms in total. The molecule has 0 bridgehead atoms. The Balaban J connectivity index is 1.82. The number of carbonyl (C=O) groups is 2. The molecule has 0 aliphatic carbocycles. The third-order valence-corrected chi connectivity index (χ3v) is 6.26. The highest BCUT2D eigenvalue weighted by atomic mass is 32.2. The Morgan fingerprint density at radius 2 is 1.86 bits per heavy atom. The van der Waals surface area contributed by atoms with Crippen molar-refractivity contribution in [1.82, 2.24) is 4.72 Å². The number of amides is 1. The lowest BCUT2D eigenvalue weighted by Gasteiger charge is -2.24. The van der Waals surface area contributed by atoms with Crippen molar-refractivity contribution in [2.45, 2.75) is 37.6 Å². The Bertz CT molecular complexity index is 1020. The molecule has 1 aliphatic heterocycles. The standard InChI is InChI=1S/C20H21FN2O4S/c1-3-18(22-28(26,27)17-7-5-16(21)6-8-17)20(25)23-11-10-15-12-14(13(2)24)4-9-19(15)23/h4-9,12,18,22H,3,10-11H2,1-2H3. The molecular formula is C20H21FN2O4S. The first-order valence-electron chi connectivity index (χ1n) is 8.96. The number of ketones is 1. The van der Waals surface area contributed by atoms with Crippen molar-refractivity contribution >= 4 is 27.4 Å². The lowest BCUT2D eigenvalue weighted by atomic mass is 10.1. The molecule has 1 heterocycles. The molecule has 3 rings (SSSR count). The summed E-state index contributed by atoms with van der Waals surface area (Å²) in [5.41, 5.74) is 2.16.